The van der Waals surface area contributed by atoms with Gasteiger partial charge in [0.05, 0.1) is 22.9 Å². The Labute approximate surface area is 183 Å². The standard InChI is InChI=1S/C22H24N6O2S/c1-14-17(15(2)28-21(25-14)23-13-24-28)9-10-20(29)27(12-16-6-5-11-30-16)22-26-18-7-3-4-8-19(18)31-22/h3-4,7-8,13,16H,5-6,9-12H2,1-2H3. The molecule has 1 aliphatic rings. The first kappa shape index (κ1) is 20.0. The normalized spacial score (nSPS) is 16.4. The first-order valence-electron chi connectivity index (χ1n) is 10.5. The maximum atomic E-state index is 13.4. The number of fused-ring (bicyclic) bond motifs is 2. The summed E-state index contributed by atoms with van der Waals surface area (Å²) in [7, 11) is 0. The van der Waals surface area contributed by atoms with E-state index in [-0.39, 0.29) is 12.0 Å². The number of aromatic nitrogens is 5. The van der Waals surface area contributed by atoms with Crippen LogP contribution in [0.4, 0.5) is 5.13 Å². The molecule has 160 valence electrons. The third-order valence-electron chi connectivity index (χ3n) is 5.80. The number of hydrogen-bond acceptors (Lipinski definition) is 7. The summed E-state index contributed by atoms with van der Waals surface area (Å²) in [6.45, 7) is 5.25. The summed E-state index contributed by atoms with van der Waals surface area (Å²) < 4.78 is 8.63. The van der Waals surface area contributed by atoms with Crippen molar-refractivity contribution in [3.8, 4) is 0 Å². The van der Waals surface area contributed by atoms with Crippen LogP contribution in [-0.2, 0) is 16.0 Å². The smallest absolute Gasteiger partial charge is 0.252 e. The second-order valence-electron chi connectivity index (χ2n) is 7.84. The third kappa shape index (κ3) is 3.90. The number of ether oxygens (including phenoxy) is 1. The third-order valence-corrected chi connectivity index (χ3v) is 6.86. The van der Waals surface area contributed by atoms with E-state index in [9.17, 15) is 4.79 Å². The first-order chi connectivity index (χ1) is 15.1. The monoisotopic (exact) mass is 436 g/mol. The Morgan fingerprint density at radius 3 is 2.97 bits per heavy atom. The van der Waals surface area contributed by atoms with E-state index in [1.807, 2.05) is 43.0 Å². The molecule has 1 atom stereocenters. The van der Waals surface area contributed by atoms with Gasteiger partial charge in [-0.05, 0) is 50.8 Å². The Morgan fingerprint density at radius 2 is 2.16 bits per heavy atom. The Kier molecular flexibility index (Phi) is 5.37. The molecule has 5 rings (SSSR count). The second kappa shape index (κ2) is 8.32. The van der Waals surface area contributed by atoms with E-state index in [0.29, 0.717) is 25.2 Å². The highest BCUT2D eigenvalue weighted by Crippen LogP contribution is 2.30. The van der Waals surface area contributed by atoms with Crippen molar-refractivity contribution >= 4 is 38.4 Å². The van der Waals surface area contributed by atoms with Crippen LogP contribution in [0.1, 0.15) is 36.2 Å². The highest BCUT2D eigenvalue weighted by atomic mass is 32.1. The van der Waals surface area contributed by atoms with Crippen LogP contribution < -0.4 is 4.90 Å². The quantitative estimate of drug-likeness (QED) is 0.460. The molecule has 4 aromatic rings. The Hall–Kier alpha value is -2.91. The lowest BCUT2D eigenvalue weighted by molar-refractivity contribution is -0.119. The van der Waals surface area contributed by atoms with Crippen LogP contribution in [0, 0.1) is 13.8 Å². The van der Waals surface area contributed by atoms with Crippen LogP contribution in [0.2, 0.25) is 0 Å². The molecular weight excluding hydrogens is 412 g/mol. The number of thiazole rings is 1. The van der Waals surface area contributed by atoms with Gasteiger partial charge in [-0.3, -0.25) is 9.69 Å². The predicted molar refractivity (Wildman–Crippen MR) is 120 cm³/mol. The number of nitrogens with zero attached hydrogens (tertiary/aromatic N) is 6. The topological polar surface area (TPSA) is 85.5 Å². The highest BCUT2D eigenvalue weighted by Gasteiger charge is 2.26. The Balaban J connectivity index is 1.40. The molecule has 9 heteroatoms. The number of carbonyl (C=O) groups excluding carboxylic acids is 1. The summed E-state index contributed by atoms with van der Waals surface area (Å²) in [5.74, 6) is 0.631. The molecule has 1 saturated heterocycles. The second-order valence-corrected chi connectivity index (χ2v) is 8.85. The van der Waals surface area contributed by atoms with Crippen molar-refractivity contribution in [2.45, 2.75) is 45.6 Å². The maximum absolute atomic E-state index is 13.4. The lowest BCUT2D eigenvalue weighted by Crippen LogP contribution is -2.37. The number of anilines is 1. The van der Waals surface area contributed by atoms with E-state index in [2.05, 4.69) is 15.1 Å². The zero-order valence-electron chi connectivity index (χ0n) is 17.6. The minimum absolute atomic E-state index is 0.0482. The zero-order chi connectivity index (χ0) is 21.4. The van der Waals surface area contributed by atoms with Crippen LogP contribution in [0.25, 0.3) is 16.0 Å². The summed E-state index contributed by atoms with van der Waals surface area (Å²) in [4.78, 5) is 28.6. The molecule has 1 aliphatic heterocycles. The SMILES string of the molecule is Cc1nc2ncnn2c(C)c1CCC(=O)N(CC1CCCO1)c1nc2ccccc2s1. The average Bonchev–Trinajstić information content (AvgIpc) is 3.51. The van der Waals surface area contributed by atoms with Crippen LogP contribution in [-0.4, -0.2) is 49.7 Å². The molecule has 31 heavy (non-hydrogen) atoms. The average molecular weight is 437 g/mol. The van der Waals surface area contributed by atoms with Crippen molar-refractivity contribution in [1.29, 1.82) is 0 Å². The van der Waals surface area contributed by atoms with Gasteiger partial charge in [0.15, 0.2) is 5.13 Å². The minimum Gasteiger partial charge on any atom is -0.376 e. The van der Waals surface area contributed by atoms with Gasteiger partial charge in [0.1, 0.15) is 6.33 Å². The van der Waals surface area contributed by atoms with Gasteiger partial charge in [-0.25, -0.2) is 14.5 Å². The zero-order valence-corrected chi connectivity index (χ0v) is 18.4. The molecule has 1 aromatic carbocycles. The molecule has 0 bridgehead atoms. The van der Waals surface area contributed by atoms with E-state index in [1.54, 1.807) is 15.9 Å². The number of rotatable bonds is 6. The Bertz CT molecular complexity index is 1210. The fourth-order valence-corrected chi connectivity index (χ4v) is 5.13. The lowest BCUT2D eigenvalue weighted by atomic mass is 10.1. The van der Waals surface area contributed by atoms with Gasteiger partial charge >= 0.3 is 0 Å². The molecule has 4 heterocycles. The summed E-state index contributed by atoms with van der Waals surface area (Å²) in [5.41, 5.74) is 3.81. The molecule has 0 spiro atoms. The van der Waals surface area contributed by atoms with Crippen molar-refractivity contribution in [1.82, 2.24) is 24.6 Å². The van der Waals surface area contributed by atoms with E-state index in [1.165, 1.54) is 6.33 Å². The van der Waals surface area contributed by atoms with Gasteiger partial charge in [-0.2, -0.15) is 10.1 Å². The molecule has 1 amide bonds. The molecular formula is C22H24N6O2S. The lowest BCUT2D eigenvalue weighted by Gasteiger charge is -2.23. The van der Waals surface area contributed by atoms with E-state index in [0.717, 1.165) is 51.7 Å². The van der Waals surface area contributed by atoms with Crippen molar-refractivity contribution in [2.75, 3.05) is 18.1 Å². The minimum atomic E-state index is 0.0482. The van der Waals surface area contributed by atoms with Crippen LogP contribution >= 0.6 is 11.3 Å². The van der Waals surface area contributed by atoms with Crippen LogP contribution in [0.3, 0.4) is 0 Å². The number of benzene rings is 1. The molecule has 1 unspecified atom stereocenters. The first-order valence-corrected chi connectivity index (χ1v) is 11.3. The molecule has 1 fully saturated rings. The fraction of sp³-hybridized carbons (Fsp3) is 0.409. The van der Waals surface area contributed by atoms with E-state index < -0.39 is 0 Å². The number of para-hydroxylation sites is 1. The van der Waals surface area contributed by atoms with Crippen LogP contribution in [0.5, 0.6) is 0 Å². The van der Waals surface area contributed by atoms with Crippen molar-refractivity contribution in [2.24, 2.45) is 0 Å². The summed E-state index contributed by atoms with van der Waals surface area (Å²) in [6, 6.07) is 7.99. The van der Waals surface area contributed by atoms with Gasteiger partial charge in [-0.15, -0.1) is 0 Å². The van der Waals surface area contributed by atoms with E-state index in [4.69, 9.17) is 9.72 Å². The maximum Gasteiger partial charge on any atom is 0.252 e. The number of amides is 1. The molecule has 3 aromatic heterocycles. The van der Waals surface area contributed by atoms with Gasteiger partial charge in [0.2, 0.25) is 5.91 Å². The molecule has 0 radical (unpaired) electrons. The van der Waals surface area contributed by atoms with Gasteiger partial charge in [0, 0.05) is 24.4 Å². The predicted octanol–water partition coefficient (Wildman–Crippen LogP) is 3.50. The number of hydrogen-bond donors (Lipinski definition) is 0. The molecule has 0 saturated carbocycles. The molecule has 8 nitrogen and oxygen atoms in total. The molecule has 0 aliphatic carbocycles. The van der Waals surface area contributed by atoms with Crippen LogP contribution in [0.15, 0.2) is 30.6 Å². The van der Waals surface area contributed by atoms with E-state index >= 15 is 0 Å². The van der Waals surface area contributed by atoms with Crippen molar-refractivity contribution in [3.05, 3.63) is 47.5 Å². The largest absolute Gasteiger partial charge is 0.376 e. The summed E-state index contributed by atoms with van der Waals surface area (Å²) >= 11 is 1.55. The summed E-state index contributed by atoms with van der Waals surface area (Å²) in [5, 5.41) is 4.98. The fourth-order valence-electron chi connectivity index (χ4n) is 4.14. The highest BCUT2D eigenvalue weighted by molar-refractivity contribution is 7.22. The molecule has 0 N–H and O–H groups in total. The summed E-state index contributed by atoms with van der Waals surface area (Å²) in [6.07, 6.45) is 4.53. The number of aryl methyl sites for hydroxylation is 2. The van der Waals surface area contributed by atoms with Crippen molar-refractivity contribution in [3.63, 3.8) is 0 Å². The Morgan fingerprint density at radius 1 is 1.29 bits per heavy atom. The number of carbonyl (C=O) groups is 1. The van der Waals surface area contributed by atoms with Gasteiger partial charge < -0.3 is 4.74 Å². The van der Waals surface area contributed by atoms with Gasteiger partial charge in [0.25, 0.3) is 5.78 Å². The van der Waals surface area contributed by atoms with Gasteiger partial charge in [-0.1, -0.05) is 23.5 Å². The van der Waals surface area contributed by atoms with Crippen molar-refractivity contribution < 1.29 is 9.53 Å².